The Morgan fingerprint density at radius 1 is 1.60 bits per heavy atom. The Hall–Kier alpha value is -1.14. The summed E-state index contributed by atoms with van der Waals surface area (Å²) in [6.07, 6.45) is 0.665. The average Bonchev–Trinajstić information content (AvgIpc) is 2.41. The van der Waals surface area contributed by atoms with E-state index >= 15 is 0 Å². The third kappa shape index (κ3) is 2.66. The smallest absolute Gasteiger partial charge is 0.354 e. The van der Waals surface area contributed by atoms with E-state index in [0.717, 1.165) is 12.2 Å². The van der Waals surface area contributed by atoms with Crippen LogP contribution >= 0.6 is 12.2 Å². The van der Waals surface area contributed by atoms with E-state index in [1.165, 1.54) is 0 Å². The van der Waals surface area contributed by atoms with Crippen molar-refractivity contribution in [1.82, 2.24) is 14.5 Å². The quantitative estimate of drug-likeness (QED) is 0.753. The van der Waals surface area contributed by atoms with Crippen molar-refractivity contribution in [2.24, 2.45) is 7.05 Å². The number of aromatic nitrogens is 2. The van der Waals surface area contributed by atoms with Crippen molar-refractivity contribution >= 4 is 18.2 Å². The van der Waals surface area contributed by atoms with Crippen molar-refractivity contribution in [1.29, 1.82) is 0 Å². The van der Waals surface area contributed by atoms with Crippen LogP contribution in [0.2, 0.25) is 0 Å². The number of aromatic carboxylic acids is 1. The highest BCUT2D eigenvalue weighted by atomic mass is 32.1. The van der Waals surface area contributed by atoms with E-state index in [9.17, 15) is 4.79 Å². The Kier molecular flexibility index (Phi) is 3.65. The predicted octanol–water partition coefficient (Wildman–Crippen LogP) is 0.885. The van der Waals surface area contributed by atoms with Crippen LogP contribution in [-0.2, 0) is 13.5 Å². The summed E-state index contributed by atoms with van der Waals surface area (Å²) in [4.78, 5) is 15.6. The largest absolute Gasteiger partial charge is 0.477 e. The number of carbonyl (C=O) groups is 1. The van der Waals surface area contributed by atoms with Crippen LogP contribution in [0.25, 0.3) is 0 Å². The highest BCUT2D eigenvalue weighted by molar-refractivity contribution is 7.71. The van der Waals surface area contributed by atoms with Crippen LogP contribution in [0.3, 0.4) is 0 Å². The second-order valence-electron chi connectivity index (χ2n) is 3.67. The first-order valence-electron chi connectivity index (χ1n) is 4.59. The Balaban J connectivity index is 3.03. The number of hydrogen-bond donors (Lipinski definition) is 2. The van der Waals surface area contributed by atoms with Crippen molar-refractivity contribution < 1.29 is 9.90 Å². The van der Waals surface area contributed by atoms with Gasteiger partial charge in [0.15, 0.2) is 4.77 Å². The van der Waals surface area contributed by atoms with Gasteiger partial charge in [-0.3, -0.25) is 0 Å². The molecular weight excluding hydrogens is 214 g/mol. The molecule has 0 radical (unpaired) electrons. The molecule has 0 bridgehead atoms. The van der Waals surface area contributed by atoms with Gasteiger partial charge in [0.05, 0.1) is 5.69 Å². The molecule has 1 aromatic heterocycles. The lowest BCUT2D eigenvalue weighted by atomic mass is 10.2. The molecule has 0 saturated carbocycles. The third-order valence-electron chi connectivity index (χ3n) is 2.24. The van der Waals surface area contributed by atoms with Crippen LogP contribution in [0, 0.1) is 4.77 Å². The van der Waals surface area contributed by atoms with Crippen molar-refractivity contribution in [2.75, 3.05) is 20.6 Å². The fraction of sp³-hybridized carbons (Fsp3) is 0.556. The number of aromatic amines is 1. The topological polar surface area (TPSA) is 61.3 Å². The fourth-order valence-electron chi connectivity index (χ4n) is 1.35. The van der Waals surface area contributed by atoms with Gasteiger partial charge in [-0.25, -0.2) is 4.79 Å². The normalized spacial score (nSPS) is 10.9. The minimum absolute atomic E-state index is 0.198. The summed E-state index contributed by atoms with van der Waals surface area (Å²) in [5.74, 6) is -0.963. The SMILES string of the molecule is CN(C)CCc1c(C(=O)O)[nH]c(=S)n1C. The molecule has 0 aliphatic rings. The van der Waals surface area contributed by atoms with Crippen LogP contribution in [0.5, 0.6) is 0 Å². The first kappa shape index (κ1) is 11.9. The molecule has 6 heteroatoms. The number of carboxylic acids is 1. The molecule has 2 N–H and O–H groups in total. The Morgan fingerprint density at radius 2 is 2.20 bits per heavy atom. The highest BCUT2D eigenvalue weighted by Crippen LogP contribution is 2.09. The zero-order valence-corrected chi connectivity index (χ0v) is 9.89. The Morgan fingerprint density at radius 3 is 2.67 bits per heavy atom. The van der Waals surface area contributed by atoms with E-state index in [4.69, 9.17) is 17.3 Å². The molecular formula is C9H15N3O2S. The number of imidazole rings is 1. The monoisotopic (exact) mass is 229 g/mol. The van der Waals surface area contributed by atoms with Gasteiger partial charge in [0, 0.05) is 20.0 Å². The van der Waals surface area contributed by atoms with Gasteiger partial charge in [-0.2, -0.15) is 0 Å². The van der Waals surface area contributed by atoms with E-state index in [0.29, 0.717) is 11.2 Å². The molecule has 84 valence electrons. The summed E-state index contributed by atoms with van der Waals surface area (Å²) < 4.78 is 2.16. The van der Waals surface area contributed by atoms with E-state index in [2.05, 4.69) is 4.98 Å². The van der Waals surface area contributed by atoms with Gasteiger partial charge in [-0.1, -0.05) is 0 Å². The highest BCUT2D eigenvalue weighted by Gasteiger charge is 2.15. The molecule has 0 aliphatic carbocycles. The third-order valence-corrected chi connectivity index (χ3v) is 2.62. The van der Waals surface area contributed by atoms with Gasteiger partial charge in [-0.15, -0.1) is 0 Å². The number of carboxylic acid groups (broad SMARTS) is 1. The molecule has 0 aliphatic heterocycles. The number of likely N-dealkylation sites (N-methyl/N-ethyl adjacent to an activating group) is 1. The average molecular weight is 229 g/mol. The van der Waals surface area contributed by atoms with E-state index in [1.54, 1.807) is 11.6 Å². The molecule has 15 heavy (non-hydrogen) atoms. The molecule has 0 amide bonds. The number of nitrogens with one attached hydrogen (secondary N) is 1. The fourth-order valence-corrected chi connectivity index (χ4v) is 1.56. The molecule has 1 aromatic rings. The number of nitrogens with zero attached hydrogens (tertiary/aromatic N) is 2. The second kappa shape index (κ2) is 4.59. The van der Waals surface area contributed by atoms with E-state index < -0.39 is 5.97 Å². The zero-order chi connectivity index (χ0) is 11.6. The van der Waals surface area contributed by atoms with Gasteiger partial charge < -0.3 is 19.6 Å². The summed E-state index contributed by atoms with van der Waals surface area (Å²) in [5, 5.41) is 8.96. The molecule has 0 saturated heterocycles. The molecule has 1 heterocycles. The lowest BCUT2D eigenvalue weighted by Crippen LogP contribution is -2.18. The number of H-pyrrole nitrogens is 1. The van der Waals surface area contributed by atoms with Crippen LogP contribution in [0.15, 0.2) is 0 Å². The van der Waals surface area contributed by atoms with Crippen LogP contribution in [-0.4, -0.2) is 46.2 Å². The van der Waals surface area contributed by atoms with Gasteiger partial charge in [0.25, 0.3) is 0 Å². The molecule has 5 nitrogen and oxygen atoms in total. The van der Waals surface area contributed by atoms with Gasteiger partial charge in [-0.05, 0) is 26.3 Å². The maximum atomic E-state index is 10.9. The standard InChI is InChI=1S/C9H15N3O2S/c1-11(2)5-4-6-7(8(13)14)10-9(15)12(6)3/h4-5H2,1-3H3,(H,10,15)(H,13,14). The first-order valence-corrected chi connectivity index (χ1v) is 5.00. The van der Waals surface area contributed by atoms with Gasteiger partial charge in [0.2, 0.25) is 0 Å². The number of rotatable bonds is 4. The van der Waals surface area contributed by atoms with Crippen LogP contribution < -0.4 is 0 Å². The molecule has 0 aromatic carbocycles. The second-order valence-corrected chi connectivity index (χ2v) is 4.06. The van der Waals surface area contributed by atoms with Gasteiger partial charge in [0.1, 0.15) is 5.69 Å². The minimum Gasteiger partial charge on any atom is -0.477 e. The molecule has 0 spiro atoms. The maximum Gasteiger partial charge on any atom is 0.354 e. The Bertz CT molecular complexity index is 419. The van der Waals surface area contributed by atoms with Crippen molar-refractivity contribution in [3.8, 4) is 0 Å². The molecule has 0 atom stereocenters. The van der Waals surface area contributed by atoms with Gasteiger partial charge >= 0.3 is 5.97 Å². The molecule has 0 unspecified atom stereocenters. The Labute approximate surface area is 93.3 Å². The summed E-state index contributed by atoms with van der Waals surface area (Å²) in [6.45, 7) is 0.792. The molecule has 0 fully saturated rings. The van der Waals surface area contributed by atoms with E-state index in [1.807, 2.05) is 19.0 Å². The van der Waals surface area contributed by atoms with Crippen molar-refractivity contribution in [2.45, 2.75) is 6.42 Å². The summed E-state index contributed by atoms with van der Waals surface area (Å²) in [5.41, 5.74) is 0.936. The number of hydrogen-bond acceptors (Lipinski definition) is 3. The maximum absolute atomic E-state index is 10.9. The van der Waals surface area contributed by atoms with Crippen molar-refractivity contribution in [3.63, 3.8) is 0 Å². The van der Waals surface area contributed by atoms with E-state index in [-0.39, 0.29) is 5.69 Å². The summed E-state index contributed by atoms with van der Waals surface area (Å²) >= 11 is 4.99. The van der Waals surface area contributed by atoms with Crippen LogP contribution in [0.1, 0.15) is 16.2 Å². The van der Waals surface area contributed by atoms with Crippen molar-refractivity contribution in [3.05, 3.63) is 16.2 Å². The lowest BCUT2D eigenvalue weighted by molar-refractivity contribution is 0.0689. The summed E-state index contributed by atoms with van der Waals surface area (Å²) in [6, 6.07) is 0. The summed E-state index contributed by atoms with van der Waals surface area (Å²) in [7, 11) is 5.67. The lowest BCUT2D eigenvalue weighted by Gasteiger charge is -2.10. The first-order chi connectivity index (χ1) is 6.93. The van der Waals surface area contributed by atoms with Crippen LogP contribution in [0.4, 0.5) is 0 Å². The zero-order valence-electron chi connectivity index (χ0n) is 9.07. The predicted molar refractivity (Wildman–Crippen MR) is 59.8 cm³/mol. The minimum atomic E-state index is -0.963. The molecule has 1 rings (SSSR count).